The van der Waals surface area contributed by atoms with Gasteiger partial charge in [-0.25, -0.2) is 4.79 Å². The normalized spacial score (nSPS) is 30.1. The number of hydrogen-bond donors (Lipinski definition) is 0. The fraction of sp³-hybridized carbons (Fsp3) is 0.765. The van der Waals surface area contributed by atoms with Gasteiger partial charge >= 0.3 is 6.09 Å². The Hall–Kier alpha value is -0.790. The topological polar surface area (TPSA) is 47.4 Å². The van der Waals surface area contributed by atoms with Gasteiger partial charge in [0.1, 0.15) is 9.30 Å². The van der Waals surface area contributed by atoms with Crippen LogP contribution < -0.4 is 0 Å². The average molecular weight is 429 g/mol. The van der Waals surface area contributed by atoms with E-state index in [-0.39, 0.29) is 6.09 Å². The fourth-order valence-corrected chi connectivity index (χ4v) is 4.54. The Bertz CT molecular complexity index is 620. The Morgan fingerprint density at radius 3 is 2.48 bits per heavy atom. The zero-order valence-electron chi connectivity index (χ0n) is 14.0. The summed E-state index contributed by atoms with van der Waals surface area (Å²) in [6.45, 7) is 7.42. The minimum absolute atomic E-state index is 0.162. The van der Waals surface area contributed by atoms with Crippen LogP contribution >= 0.6 is 22.6 Å². The zero-order valence-corrected chi connectivity index (χ0v) is 16.1. The lowest BCUT2D eigenvalue weighted by Gasteiger charge is -2.29. The van der Waals surface area contributed by atoms with E-state index in [4.69, 9.17) is 9.84 Å². The van der Waals surface area contributed by atoms with Crippen molar-refractivity contribution in [2.24, 2.45) is 11.8 Å². The molecule has 1 aromatic rings. The molecule has 2 saturated carbocycles. The summed E-state index contributed by atoms with van der Waals surface area (Å²) in [5, 5.41) is 4.72. The molecule has 0 aromatic carbocycles. The Morgan fingerprint density at radius 2 is 1.96 bits per heavy atom. The van der Waals surface area contributed by atoms with Crippen LogP contribution in [0.25, 0.3) is 0 Å². The Balaban J connectivity index is 1.42. The van der Waals surface area contributed by atoms with E-state index < -0.39 is 5.60 Å². The zero-order chi connectivity index (χ0) is 16.4. The first-order valence-electron chi connectivity index (χ1n) is 8.56. The van der Waals surface area contributed by atoms with E-state index in [0.29, 0.717) is 23.8 Å². The average Bonchev–Trinajstić information content (AvgIpc) is 2.74. The molecule has 1 aromatic heterocycles. The molecule has 3 fully saturated rings. The minimum atomic E-state index is -0.414. The molecule has 6 heteroatoms. The largest absolute Gasteiger partial charge is 0.444 e. The van der Waals surface area contributed by atoms with Gasteiger partial charge in [0, 0.05) is 24.7 Å². The predicted molar refractivity (Wildman–Crippen MR) is 95.4 cm³/mol. The van der Waals surface area contributed by atoms with Crippen molar-refractivity contribution in [1.29, 1.82) is 0 Å². The predicted octanol–water partition coefficient (Wildman–Crippen LogP) is 3.79. The smallest absolute Gasteiger partial charge is 0.410 e. The van der Waals surface area contributed by atoms with Crippen LogP contribution in [-0.4, -0.2) is 39.5 Å². The van der Waals surface area contributed by atoms with Gasteiger partial charge in [0.15, 0.2) is 0 Å². The number of hydrogen-bond acceptors (Lipinski definition) is 3. The number of piperidine rings is 1. The lowest BCUT2D eigenvalue weighted by Crippen LogP contribution is -2.37. The van der Waals surface area contributed by atoms with Gasteiger partial charge in [-0.3, -0.25) is 4.68 Å². The molecule has 5 nitrogen and oxygen atoms in total. The van der Waals surface area contributed by atoms with E-state index in [1.54, 1.807) is 0 Å². The number of ether oxygens (including phenoxy) is 1. The van der Waals surface area contributed by atoms with Crippen LogP contribution in [0.1, 0.15) is 57.7 Å². The van der Waals surface area contributed by atoms with E-state index >= 15 is 0 Å². The number of carbonyl (C=O) groups is 1. The molecule has 3 atom stereocenters. The molecule has 0 radical (unpaired) electrons. The van der Waals surface area contributed by atoms with Crippen LogP contribution in [0, 0.1) is 15.5 Å². The van der Waals surface area contributed by atoms with Gasteiger partial charge in [-0.2, -0.15) is 5.10 Å². The summed E-state index contributed by atoms with van der Waals surface area (Å²) in [5.74, 6) is 1.77. The molecule has 4 rings (SSSR count). The van der Waals surface area contributed by atoms with Crippen LogP contribution in [-0.2, 0) is 4.74 Å². The van der Waals surface area contributed by atoms with E-state index in [1.807, 2.05) is 25.7 Å². The number of carbonyl (C=O) groups excluding carboxylic acids is 1. The highest BCUT2D eigenvalue weighted by atomic mass is 127. The summed E-state index contributed by atoms with van der Waals surface area (Å²) in [7, 11) is 0. The van der Waals surface area contributed by atoms with E-state index in [9.17, 15) is 4.79 Å². The SMILES string of the molecule is CC(C)(C)OC(=O)N1CC2C(c3cc(I)nn3C3CCC3)[C@@H]2C1. The molecule has 0 bridgehead atoms. The van der Waals surface area contributed by atoms with Crippen LogP contribution in [0.3, 0.4) is 0 Å². The Kier molecular flexibility index (Phi) is 3.66. The highest BCUT2D eigenvalue weighted by molar-refractivity contribution is 14.1. The molecule has 0 spiro atoms. The van der Waals surface area contributed by atoms with Gasteiger partial charge in [0.25, 0.3) is 0 Å². The van der Waals surface area contributed by atoms with Crippen molar-refractivity contribution < 1.29 is 9.53 Å². The molecule has 1 amide bonds. The van der Waals surface area contributed by atoms with E-state index in [2.05, 4.69) is 33.3 Å². The second kappa shape index (κ2) is 5.36. The summed E-state index contributed by atoms with van der Waals surface area (Å²) < 4.78 is 8.87. The monoisotopic (exact) mass is 429 g/mol. The molecule has 0 N–H and O–H groups in total. The third-order valence-corrected chi connectivity index (χ3v) is 5.87. The van der Waals surface area contributed by atoms with Crippen LogP contribution in [0.15, 0.2) is 6.07 Å². The molecule has 23 heavy (non-hydrogen) atoms. The highest BCUT2D eigenvalue weighted by Crippen LogP contribution is 2.59. The molecular formula is C17H24IN3O2. The summed E-state index contributed by atoms with van der Waals surface area (Å²) in [5.41, 5.74) is 0.986. The van der Waals surface area contributed by atoms with Gasteiger partial charge < -0.3 is 9.64 Å². The number of fused-ring (bicyclic) bond motifs is 1. The molecule has 3 aliphatic rings. The first-order chi connectivity index (χ1) is 10.8. The minimum Gasteiger partial charge on any atom is -0.444 e. The van der Waals surface area contributed by atoms with Crippen molar-refractivity contribution in [3.05, 3.63) is 15.5 Å². The maximum Gasteiger partial charge on any atom is 0.410 e. The highest BCUT2D eigenvalue weighted by Gasteiger charge is 2.59. The molecule has 2 aliphatic carbocycles. The van der Waals surface area contributed by atoms with E-state index in [0.717, 1.165) is 16.8 Å². The standard InChI is InChI=1S/C17H24IN3O2/c1-17(2,3)23-16(22)20-8-11-12(9-20)15(11)13-7-14(18)19-21(13)10-5-4-6-10/h7,10-12,15H,4-6,8-9H2,1-3H3/t11-,12?,15?/m1/s1. The number of likely N-dealkylation sites (tertiary alicyclic amines) is 1. The van der Waals surface area contributed by atoms with E-state index in [1.165, 1.54) is 25.0 Å². The fourth-order valence-electron chi connectivity index (χ4n) is 3.99. The van der Waals surface area contributed by atoms with Crippen molar-refractivity contribution in [3.8, 4) is 0 Å². The first-order valence-corrected chi connectivity index (χ1v) is 9.64. The molecule has 1 aliphatic heterocycles. The number of halogens is 1. The number of aromatic nitrogens is 2. The molecule has 126 valence electrons. The van der Waals surface area contributed by atoms with Gasteiger partial charge in [-0.05, 0) is 80.5 Å². The van der Waals surface area contributed by atoms with Crippen molar-refractivity contribution in [1.82, 2.24) is 14.7 Å². The third-order valence-electron chi connectivity index (χ3n) is 5.34. The third kappa shape index (κ3) is 2.87. The van der Waals surface area contributed by atoms with Crippen LogP contribution in [0.2, 0.25) is 0 Å². The molecule has 1 saturated heterocycles. The van der Waals surface area contributed by atoms with Gasteiger partial charge in [-0.1, -0.05) is 0 Å². The molecule has 2 unspecified atom stereocenters. The van der Waals surface area contributed by atoms with Crippen molar-refractivity contribution in [2.75, 3.05) is 13.1 Å². The number of rotatable bonds is 2. The molecular weight excluding hydrogens is 405 g/mol. The van der Waals surface area contributed by atoms with Gasteiger partial charge in [-0.15, -0.1) is 0 Å². The van der Waals surface area contributed by atoms with Gasteiger partial charge in [0.05, 0.1) is 6.04 Å². The van der Waals surface area contributed by atoms with Crippen molar-refractivity contribution in [2.45, 2.75) is 57.6 Å². The Labute approximate surface area is 150 Å². The maximum absolute atomic E-state index is 12.2. The number of amides is 1. The second-order valence-corrected chi connectivity index (χ2v) is 9.27. The second-order valence-electron chi connectivity index (χ2n) is 8.16. The molecule has 2 heterocycles. The summed E-state index contributed by atoms with van der Waals surface area (Å²) in [6.07, 6.45) is 3.68. The summed E-state index contributed by atoms with van der Waals surface area (Å²) in [6, 6.07) is 2.86. The summed E-state index contributed by atoms with van der Waals surface area (Å²) >= 11 is 2.32. The van der Waals surface area contributed by atoms with Crippen LogP contribution in [0.5, 0.6) is 0 Å². The van der Waals surface area contributed by atoms with Crippen molar-refractivity contribution >= 4 is 28.7 Å². The van der Waals surface area contributed by atoms with Crippen molar-refractivity contribution in [3.63, 3.8) is 0 Å². The Morgan fingerprint density at radius 1 is 1.30 bits per heavy atom. The summed E-state index contributed by atoms with van der Waals surface area (Å²) in [4.78, 5) is 14.1. The quantitative estimate of drug-likeness (QED) is 0.673. The van der Waals surface area contributed by atoms with Gasteiger partial charge in [0.2, 0.25) is 0 Å². The lowest BCUT2D eigenvalue weighted by molar-refractivity contribution is 0.0270. The maximum atomic E-state index is 12.2. The lowest BCUT2D eigenvalue weighted by atomic mass is 9.93. The first kappa shape index (κ1) is 15.7. The van der Waals surface area contributed by atoms with Crippen LogP contribution in [0.4, 0.5) is 4.79 Å². The number of nitrogens with zero attached hydrogens (tertiary/aromatic N) is 3.